The molecule has 0 aliphatic heterocycles. The van der Waals surface area contributed by atoms with E-state index in [1.165, 1.54) is 43.2 Å². The van der Waals surface area contributed by atoms with Crippen molar-refractivity contribution in [2.24, 2.45) is 5.73 Å². The van der Waals surface area contributed by atoms with Crippen LogP contribution in [0.4, 0.5) is 0 Å². The van der Waals surface area contributed by atoms with Crippen LogP contribution in [-0.2, 0) is 13.0 Å². The first kappa shape index (κ1) is 13.6. The van der Waals surface area contributed by atoms with Gasteiger partial charge in [0.1, 0.15) is 0 Å². The Morgan fingerprint density at radius 2 is 1.78 bits per heavy atom. The number of rotatable bonds is 5. The van der Waals surface area contributed by atoms with Crippen LogP contribution in [0.15, 0.2) is 24.3 Å². The Morgan fingerprint density at radius 3 is 2.44 bits per heavy atom. The quantitative estimate of drug-likeness (QED) is 0.865. The Hall–Kier alpha value is -0.860. The number of hydrogen-bond donors (Lipinski definition) is 1. The SMILES string of the molecule is CN(Cc1ccccc1CCN)C1CCCCC1. The number of nitrogens with zero attached hydrogens (tertiary/aromatic N) is 1. The van der Waals surface area contributed by atoms with Crippen LogP contribution >= 0.6 is 0 Å². The molecular weight excluding hydrogens is 220 g/mol. The van der Waals surface area contributed by atoms with E-state index in [9.17, 15) is 0 Å². The maximum absolute atomic E-state index is 5.69. The van der Waals surface area contributed by atoms with Crippen molar-refractivity contribution in [3.8, 4) is 0 Å². The first-order valence-electron chi connectivity index (χ1n) is 7.28. The van der Waals surface area contributed by atoms with E-state index in [1.807, 2.05) is 0 Å². The maximum Gasteiger partial charge on any atom is 0.0236 e. The van der Waals surface area contributed by atoms with Crippen molar-refractivity contribution in [3.63, 3.8) is 0 Å². The topological polar surface area (TPSA) is 29.3 Å². The lowest BCUT2D eigenvalue weighted by atomic mass is 9.94. The molecule has 2 N–H and O–H groups in total. The lowest BCUT2D eigenvalue weighted by Gasteiger charge is -2.31. The first-order valence-corrected chi connectivity index (χ1v) is 7.28. The summed E-state index contributed by atoms with van der Waals surface area (Å²) in [5, 5.41) is 0. The van der Waals surface area contributed by atoms with E-state index in [0.29, 0.717) is 0 Å². The van der Waals surface area contributed by atoms with Crippen LogP contribution in [0.1, 0.15) is 43.2 Å². The summed E-state index contributed by atoms with van der Waals surface area (Å²) >= 11 is 0. The van der Waals surface area contributed by atoms with E-state index in [-0.39, 0.29) is 0 Å². The van der Waals surface area contributed by atoms with Crippen molar-refractivity contribution in [3.05, 3.63) is 35.4 Å². The van der Waals surface area contributed by atoms with Crippen molar-refractivity contribution in [2.75, 3.05) is 13.6 Å². The molecule has 1 aromatic carbocycles. The van der Waals surface area contributed by atoms with E-state index >= 15 is 0 Å². The minimum Gasteiger partial charge on any atom is -0.330 e. The molecule has 100 valence electrons. The Kier molecular flexibility index (Phi) is 5.21. The Bertz CT molecular complexity index is 356. The molecule has 1 aliphatic carbocycles. The number of benzene rings is 1. The van der Waals surface area contributed by atoms with Crippen LogP contribution in [0, 0.1) is 0 Å². The highest BCUT2D eigenvalue weighted by Crippen LogP contribution is 2.23. The minimum absolute atomic E-state index is 0.740. The van der Waals surface area contributed by atoms with E-state index in [4.69, 9.17) is 5.73 Å². The number of nitrogens with two attached hydrogens (primary N) is 1. The van der Waals surface area contributed by atoms with Crippen LogP contribution in [0.2, 0.25) is 0 Å². The fraction of sp³-hybridized carbons (Fsp3) is 0.625. The van der Waals surface area contributed by atoms with Gasteiger partial charge in [-0.05, 0) is 44.0 Å². The molecular formula is C16H26N2. The fourth-order valence-corrected chi connectivity index (χ4v) is 3.03. The summed E-state index contributed by atoms with van der Waals surface area (Å²) in [5.74, 6) is 0. The van der Waals surface area contributed by atoms with Gasteiger partial charge in [0.05, 0.1) is 0 Å². The standard InChI is InChI=1S/C16H26N2/c1-18(16-9-3-2-4-10-16)13-15-8-6-5-7-14(15)11-12-17/h5-8,16H,2-4,9-13,17H2,1H3. The summed E-state index contributed by atoms with van der Waals surface area (Å²) in [6, 6.07) is 9.52. The molecule has 0 spiro atoms. The van der Waals surface area contributed by atoms with Crippen LogP contribution in [0.5, 0.6) is 0 Å². The van der Waals surface area contributed by atoms with Crippen LogP contribution < -0.4 is 5.73 Å². The molecule has 18 heavy (non-hydrogen) atoms. The van der Waals surface area contributed by atoms with Crippen molar-refractivity contribution in [1.29, 1.82) is 0 Å². The van der Waals surface area contributed by atoms with Gasteiger partial charge in [0.15, 0.2) is 0 Å². The molecule has 2 rings (SSSR count). The third-order valence-electron chi connectivity index (χ3n) is 4.15. The second kappa shape index (κ2) is 6.91. The summed E-state index contributed by atoms with van der Waals surface area (Å²) < 4.78 is 0. The van der Waals surface area contributed by atoms with Crippen LogP contribution in [0.25, 0.3) is 0 Å². The summed E-state index contributed by atoms with van der Waals surface area (Å²) in [4.78, 5) is 2.54. The molecule has 1 fully saturated rings. The second-order valence-electron chi connectivity index (χ2n) is 5.51. The highest BCUT2D eigenvalue weighted by molar-refractivity contribution is 5.27. The molecule has 0 radical (unpaired) electrons. The van der Waals surface area contributed by atoms with E-state index in [2.05, 4.69) is 36.2 Å². The smallest absolute Gasteiger partial charge is 0.0236 e. The van der Waals surface area contributed by atoms with Gasteiger partial charge in [-0.2, -0.15) is 0 Å². The second-order valence-corrected chi connectivity index (χ2v) is 5.51. The summed E-state index contributed by atoms with van der Waals surface area (Å²) in [6.45, 7) is 1.81. The molecule has 0 unspecified atom stereocenters. The van der Waals surface area contributed by atoms with Crippen molar-refractivity contribution in [1.82, 2.24) is 4.90 Å². The molecule has 2 heteroatoms. The molecule has 0 saturated heterocycles. The monoisotopic (exact) mass is 246 g/mol. The highest BCUT2D eigenvalue weighted by atomic mass is 15.1. The molecule has 0 amide bonds. The predicted molar refractivity (Wildman–Crippen MR) is 77.5 cm³/mol. The van der Waals surface area contributed by atoms with Gasteiger partial charge in [-0.3, -0.25) is 4.90 Å². The molecule has 1 saturated carbocycles. The predicted octanol–water partition coefficient (Wildman–Crippen LogP) is 2.95. The molecule has 0 heterocycles. The van der Waals surface area contributed by atoms with Gasteiger partial charge in [0.25, 0.3) is 0 Å². The normalized spacial score (nSPS) is 17.3. The van der Waals surface area contributed by atoms with Crippen LogP contribution in [-0.4, -0.2) is 24.5 Å². The zero-order valence-electron chi connectivity index (χ0n) is 11.6. The first-order chi connectivity index (χ1) is 8.81. The Morgan fingerprint density at radius 1 is 1.11 bits per heavy atom. The molecule has 2 nitrogen and oxygen atoms in total. The minimum atomic E-state index is 0.740. The van der Waals surface area contributed by atoms with Crippen LogP contribution in [0.3, 0.4) is 0 Å². The largest absolute Gasteiger partial charge is 0.330 e. The fourth-order valence-electron chi connectivity index (χ4n) is 3.03. The molecule has 1 aliphatic rings. The lowest BCUT2D eigenvalue weighted by molar-refractivity contribution is 0.184. The highest BCUT2D eigenvalue weighted by Gasteiger charge is 2.18. The average Bonchev–Trinajstić information content (AvgIpc) is 2.42. The van der Waals surface area contributed by atoms with E-state index < -0.39 is 0 Å². The van der Waals surface area contributed by atoms with E-state index in [1.54, 1.807) is 0 Å². The molecule has 1 aromatic rings. The van der Waals surface area contributed by atoms with Crippen molar-refractivity contribution >= 4 is 0 Å². The summed E-state index contributed by atoms with van der Waals surface area (Å²) in [7, 11) is 2.27. The lowest BCUT2D eigenvalue weighted by Crippen LogP contribution is -2.33. The van der Waals surface area contributed by atoms with E-state index in [0.717, 1.165) is 25.6 Å². The molecule has 0 atom stereocenters. The summed E-state index contributed by atoms with van der Waals surface area (Å²) in [5.41, 5.74) is 8.56. The Balaban J connectivity index is 1.99. The zero-order chi connectivity index (χ0) is 12.8. The third kappa shape index (κ3) is 3.56. The van der Waals surface area contributed by atoms with Gasteiger partial charge in [-0.1, -0.05) is 43.5 Å². The van der Waals surface area contributed by atoms with Crippen molar-refractivity contribution in [2.45, 2.75) is 51.1 Å². The average molecular weight is 246 g/mol. The van der Waals surface area contributed by atoms with Gasteiger partial charge >= 0.3 is 0 Å². The number of hydrogen-bond acceptors (Lipinski definition) is 2. The zero-order valence-corrected chi connectivity index (χ0v) is 11.6. The summed E-state index contributed by atoms with van der Waals surface area (Å²) in [6.07, 6.45) is 7.97. The van der Waals surface area contributed by atoms with Crippen molar-refractivity contribution < 1.29 is 0 Å². The Labute approximate surface area is 111 Å². The molecule has 0 aromatic heterocycles. The van der Waals surface area contributed by atoms with Gasteiger partial charge in [-0.15, -0.1) is 0 Å². The van der Waals surface area contributed by atoms with Gasteiger partial charge < -0.3 is 5.73 Å². The van der Waals surface area contributed by atoms with Gasteiger partial charge in [0.2, 0.25) is 0 Å². The van der Waals surface area contributed by atoms with Gasteiger partial charge in [-0.25, -0.2) is 0 Å². The van der Waals surface area contributed by atoms with Gasteiger partial charge in [0, 0.05) is 12.6 Å². The third-order valence-corrected chi connectivity index (χ3v) is 4.15. The maximum atomic E-state index is 5.69. The molecule has 0 bridgehead atoms.